The minimum atomic E-state index is -0.230. The van der Waals surface area contributed by atoms with Gasteiger partial charge in [-0.15, -0.1) is 0 Å². The molecule has 0 aliphatic carbocycles. The highest BCUT2D eigenvalue weighted by atomic mass is 35.5. The fourth-order valence-electron chi connectivity index (χ4n) is 3.76. The van der Waals surface area contributed by atoms with Crippen molar-refractivity contribution in [2.24, 2.45) is 0 Å². The number of morpholine rings is 1. The molecule has 1 heterocycles. The summed E-state index contributed by atoms with van der Waals surface area (Å²) < 4.78 is 5.49. The standard InChI is InChI=1S/C23H24ClN3O2/c24-20-10-4-3-9-19(20)22(27-12-14-29-15-13-27)16-25-23(28)26-21-11-5-7-17-6-1-2-8-18(17)21/h1-11,22H,12-16H2,(H2,25,26,28)/t22-/m0/s1. The highest BCUT2D eigenvalue weighted by Gasteiger charge is 2.24. The molecule has 1 atom stereocenters. The van der Waals surface area contributed by atoms with Gasteiger partial charge in [0.1, 0.15) is 0 Å². The summed E-state index contributed by atoms with van der Waals surface area (Å²) in [7, 11) is 0. The van der Waals surface area contributed by atoms with Gasteiger partial charge in [0.05, 0.1) is 24.9 Å². The first-order chi connectivity index (χ1) is 14.2. The van der Waals surface area contributed by atoms with Gasteiger partial charge in [-0.2, -0.15) is 0 Å². The molecule has 2 amide bonds. The number of nitrogens with zero attached hydrogens (tertiary/aromatic N) is 1. The number of halogens is 1. The average Bonchev–Trinajstić information content (AvgIpc) is 2.76. The van der Waals surface area contributed by atoms with Gasteiger partial charge in [0.25, 0.3) is 0 Å². The van der Waals surface area contributed by atoms with Crippen molar-refractivity contribution in [3.63, 3.8) is 0 Å². The zero-order valence-corrected chi connectivity index (χ0v) is 16.9. The molecule has 6 heteroatoms. The van der Waals surface area contributed by atoms with Crippen molar-refractivity contribution < 1.29 is 9.53 Å². The van der Waals surface area contributed by atoms with E-state index in [4.69, 9.17) is 16.3 Å². The molecule has 1 aliphatic rings. The third-order valence-electron chi connectivity index (χ3n) is 5.24. The van der Waals surface area contributed by atoms with Crippen molar-refractivity contribution >= 4 is 34.1 Å². The molecule has 3 aromatic rings. The Balaban J connectivity index is 1.48. The number of anilines is 1. The lowest BCUT2D eigenvalue weighted by atomic mass is 10.0. The summed E-state index contributed by atoms with van der Waals surface area (Å²) in [4.78, 5) is 15.0. The summed E-state index contributed by atoms with van der Waals surface area (Å²) in [5, 5.41) is 8.82. The second kappa shape index (κ2) is 9.27. The maximum absolute atomic E-state index is 12.7. The van der Waals surface area contributed by atoms with Gasteiger partial charge in [-0.3, -0.25) is 4.90 Å². The Morgan fingerprint density at radius 1 is 1.00 bits per heavy atom. The number of hydrogen-bond acceptors (Lipinski definition) is 3. The summed E-state index contributed by atoms with van der Waals surface area (Å²) in [6.45, 7) is 3.44. The molecule has 0 unspecified atom stereocenters. The molecule has 150 valence electrons. The average molecular weight is 410 g/mol. The van der Waals surface area contributed by atoms with E-state index in [-0.39, 0.29) is 12.1 Å². The molecule has 0 spiro atoms. The predicted octanol–water partition coefficient (Wildman–Crippen LogP) is 4.69. The summed E-state index contributed by atoms with van der Waals surface area (Å²) in [5.41, 5.74) is 1.81. The largest absolute Gasteiger partial charge is 0.379 e. The Kier molecular flexibility index (Phi) is 6.30. The number of urea groups is 1. The smallest absolute Gasteiger partial charge is 0.319 e. The number of rotatable bonds is 5. The summed E-state index contributed by atoms with van der Waals surface area (Å²) >= 11 is 6.46. The van der Waals surface area contributed by atoms with Crippen LogP contribution < -0.4 is 10.6 Å². The van der Waals surface area contributed by atoms with Crippen molar-refractivity contribution in [2.45, 2.75) is 6.04 Å². The van der Waals surface area contributed by atoms with E-state index in [0.717, 1.165) is 35.1 Å². The lowest BCUT2D eigenvalue weighted by molar-refractivity contribution is 0.0168. The van der Waals surface area contributed by atoms with Crippen molar-refractivity contribution in [2.75, 3.05) is 38.2 Å². The van der Waals surface area contributed by atoms with Crippen LogP contribution in [0.3, 0.4) is 0 Å². The van der Waals surface area contributed by atoms with E-state index in [1.165, 1.54) is 0 Å². The van der Waals surface area contributed by atoms with Crippen LogP contribution in [0, 0.1) is 0 Å². The second-order valence-corrected chi connectivity index (χ2v) is 7.45. The number of carbonyl (C=O) groups excluding carboxylic acids is 1. The van der Waals surface area contributed by atoms with Crippen LogP contribution in [0.4, 0.5) is 10.5 Å². The molecule has 1 aliphatic heterocycles. The molecule has 3 aromatic carbocycles. The highest BCUT2D eigenvalue weighted by Crippen LogP contribution is 2.28. The van der Waals surface area contributed by atoms with Gasteiger partial charge in [-0.25, -0.2) is 4.79 Å². The maximum atomic E-state index is 12.7. The van der Waals surface area contributed by atoms with Crippen LogP contribution in [-0.2, 0) is 4.74 Å². The Labute approximate surface area is 175 Å². The van der Waals surface area contributed by atoms with E-state index >= 15 is 0 Å². The van der Waals surface area contributed by atoms with Crippen LogP contribution in [0.5, 0.6) is 0 Å². The minimum absolute atomic E-state index is 0.00846. The summed E-state index contributed by atoms with van der Waals surface area (Å²) in [6, 6.07) is 21.5. The van der Waals surface area contributed by atoms with Crippen LogP contribution in [-0.4, -0.2) is 43.8 Å². The molecule has 0 saturated carbocycles. The molecule has 0 bridgehead atoms. The van der Waals surface area contributed by atoms with Gasteiger partial charge < -0.3 is 15.4 Å². The molecule has 29 heavy (non-hydrogen) atoms. The van der Waals surface area contributed by atoms with Crippen molar-refractivity contribution in [1.82, 2.24) is 10.2 Å². The SMILES string of the molecule is O=C(NC[C@@H](c1ccccc1Cl)N1CCOCC1)Nc1cccc2ccccc12. The zero-order chi connectivity index (χ0) is 20.1. The van der Waals surface area contributed by atoms with Crippen LogP contribution >= 0.6 is 11.6 Å². The van der Waals surface area contributed by atoms with E-state index in [2.05, 4.69) is 15.5 Å². The van der Waals surface area contributed by atoms with E-state index in [9.17, 15) is 4.79 Å². The Bertz CT molecular complexity index is 983. The lowest BCUT2D eigenvalue weighted by Gasteiger charge is -2.35. The van der Waals surface area contributed by atoms with Crippen LogP contribution in [0.15, 0.2) is 66.7 Å². The Morgan fingerprint density at radius 3 is 2.55 bits per heavy atom. The Morgan fingerprint density at radius 2 is 1.72 bits per heavy atom. The molecule has 0 radical (unpaired) electrons. The lowest BCUT2D eigenvalue weighted by Crippen LogP contribution is -2.44. The first kappa shape index (κ1) is 19.7. The zero-order valence-electron chi connectivity index (χ0n) is 16.1. The number of nitrogens with one attached hydrogen (secondary N) is 2. The van der Waals surface area contributed by atoms with E-state index in [1.807, 2.05) is 66.7 Å². The number of fused-ring (bicyclic) bond motifs is 1. The van der Waals surface area contributed by atoms with Crippen molar-refractivity contribution in [3.05, 3.63) is 77.3 Å². The molecule has 0 aromatic heterocycles. The third kappa shape index (κ3) is 4.70. The van der Waals surface area contributed by atoms with Gasteiger partial charge >= 0.3 is 6.03 Å². The number of benzene rings is 3. The Hall–Kier alpha value is -2.60. The molecule has 4 rings (SSSR count). The van der Waals surface area contributed by atoms with Gasteiger partial charge in [-0.1, -0.05) is 66.2 Å². The first-order valence-electron chi connectivity index (χ1n) is 9.81. The van der Waals surface area contributed by atoms with Gasteiger partial charge in [0, 0.05) is 30.0 Å². The van der Waals surface area contributed by atoms with Crippen molar-refractivity contribution in [1.29, 1.82) is 0 Å². The number of amides is 2. The normalized spacial score (nSPS) is 15.8. The minimum Gasteiger partial charge on any atom is -0.379 e. The van der Waals surface area contributed by atoms with Gasteiger partial charge in [0.2, 0.25) is 0 Å². The van der Waals surface area contributed by atoms with Crippen LogP contribution in [0.25, 0.3) is 10.8 Å². The summed E-state index contributed by atoms with van der Waals surface area (Å²) in [5.74, 6) is 0. The first-order valence-corrected chi connectivity index (χ1v) is 10.2. The second-order valence-electron chi connectivity index (χ2n) is 7.05. The number of ether oxygens (including phenoxy) is 1. The van der Waals surface area contributed by atoms with Gasteiger partial charge in [-0.05, 0) is 23.1 Å². The fourth-order valence-corrected chi connectivity index (χ4v) is 4.02. The third-order valence-corrected chi connectivity index (χ3v) is 5.59. The van der Waals surface area contributed by atoms with E-state index < -0.39 is 0 Å². The number of hydrogen-bond donors (Lipinski definition) is 2. The topological polar surface area (TPSA) is 53.6 Å². The summed E-state index contributed by atoms with van der Waals surface area (Å²) in [6.07, 6.45) is 0. The van der Waals surface area contributed by atoms with Crippen LogP contribution in [0.1, 0.15) is 11.6 Å². The van der Waals surface area contributed by atoms with E-state index in [1.54, 1.807) is 0 Å². The number of carbonyl (C=O) groups is 1. The monoisotopic (exact) mass is 409 g/mol. The highest BCUT2D eigenvalue weighted by molar-refractivity contribution is 6.31. The van der Waals surface area contributed by atoms with Crippen LogP contribution in [0.2, 0.25) is 5.02 Å². The molecule has 2 N–H and O–H groups in total. The molecular formula is C23H24ClN3O2. The van der Waals surface area contributed by atoms with Gasteiger partial charge in [0.15, 0.2) is 0 Å². The fraction of sp³-hybridized carbons (Fsp3) is 0.261. The quantitative estimate of drug-likeness (QED) is 0.642. The van der Waals surface area contributed by atoms with Crippen molar-refractivity contribution in [3.8, 4) is 0 Å². The molecule has 1 fully saturated rings. The molecular weight excluding hydrogens is 386 g/mol. The van der Waals surface area contributed by atoms with E-state index in [0.29, 0.717) is 24.8 Å². The molecule has 5 nitrogen and oxygen atoms in total. The molecule has 1 saturated heterocycles. The predicted molar refractivity (Wildman–Crippen MR) is 118 cm³/mol. The maximum Gasteiger partial charge on any atom is 0.319 e.